The number of methoxy groups -OCH3 is 1. The molecule has 0 aliphatic rings. The van der Waals surface area contributed by atoms with Gasteiger partial charge in [-0.1, -0.05) is 42.5 Å². The first-order chi connectivity index (χ1) is 22.5. The van der Waals surface area contributed by atoms with Crippen LogP contribution in [0.5, 0.6) is 28.7 Å². The van der Waals surface area contributed by atoms with Crippen LogP contribution in [0, 0.1) is 11.3 Å². The molecule has 0 radical (unpaired) electrons. The van der Waals surface area contributed by atoms with E-state index in [0.29, 0.717) is 51.9 Å². The smallest absolute Gasteiger partial charge is 0.346 e. The van der Waals surface area contributed by atoms with Crippen molar-refractivity contribution in [3.63, 3.8) is 0 Å². The average Bonchev–Trinajstić information content (AvgIpc) is 3.42. The molecule has 2 heterocycles. The van der Waals surface area contributed by atoms with Gasteiger partial charge in [0.2, 0.25) is 0 Å². The molecule has 46 heavy (non-hydrogen) atoms. The van der Waals surface area contributed by atoms with Crippen molar-refractivity contribution in [2.75, 3.05) is 12.4 Å². The molecule has 0 spiro atoms. The maximum Gasteiger partial charge on any atom is 0.346 e. The number of benzene rings is 4. The molecule has 10 nitrogen and oxygen atoms in total. The molecule has 0 aliphatic heterocycles. The largest absolute Gasteiger partial charge is 0.497 e. The molecule has 2 aromatic heterocycles. The summed E-state index contributed by atoms with van der Waals surface area (Å²) in [7, 11) is 1.62. The first-order valence-corrected chi connectivity index (χ1v) is 14.2. The lowest BCUT2D eigenvalue weighted by atomic mass is 10.1. The Kier molecular flexibility index (Phi) is 8.56. The van der Waals surface area contributed by atoms with Crippen molar-refractivity contribution >= 4 is 34.6 Å². The van der Waals surface area contributed by atoms with Crippen LogP contribution in [0.15, 0.2) is 121 Å². The SMILES string of the molecule is COc1ccc(Cn2nc(Nc3cccc(/C=C(\C#N)C(=O)O)c3)c3c(Oc4ccc(Oc5ccccc5)cc4)ccnc32)cc1. The Hall–Kier alpha value is -6.60. The Morgan fingerprint density at radius 3 is 2.28 bits per heavy atom. The molecule has 2 N–H and O–H groups in total. The number of carbonyl (C=O) groups is 1. The van der Waals surface area contributed by atoms with Gasteiger partial charge >= 0.3 is 5.97 Å². The number of hydrogen-bond acceptors (Lipinski definition) is 8. The minimum atomic E-state index is -1.29. The zero-order valence-electron chi connectivity index (χ0n) is 24.6. The Labute approximate surface area is 264 Å². The van der Waals surface area contributed by atoms with E-state index in [1.165, 1.54) is 6.08 Å². The van der Waals surface area contributed by atoms with E-state index in [-0.39, 0.29) is 5.57 Å². The number of aliphatic carboxylic acids is 1. The third-order valence-corrected chi connectivity index (χ3v) is 6.93. The van der Waals surface area contributed by atoms with Gasteiger partial charge in [-0.15, -0.1) is 0 Å². The molecule has 0 unspecified atom stereocenters. The van der Waals surface area contributed by atoms with Gasteiger partial charge in [-0.2, -0.15) is 10.4 Å². The van der Waals surface area contributed by atoms with Crippen LogP contribution in [0.4, 0.5) is 11.5 Å². The van der Waals surface area contributed by atoms with Gasteiger partial charge in [0.05, 0.1) is 13.7 Å². The lowest BCUT2D eigenvalue weighted by Crippen LogP contribution is -2.03. The predicted molar refractivity (Wildman–Crippen MR) is 174 cm³/mol. The number of pyridine rings is 1. The number of rotatable bonds is 11. The van der Waals surface area contributed by atoms with E-state index in [0.717, 1.165) is 17.1 Å². The third-order valence-electron chi connectivity index (χ3n) is 6.93. The summed E-state index contributed by atoms with van der Waals surface area (Å²) in [5.41, 5.74) is 2.38. The van der Waals surface area contributed by atoms with Gasteiger partial charge in [0, 0.05) is 18.0 Å². The standard InChI is InChI=1S/C36H27N5O5/c1-44-28-12-10-24(11-13-28)23-41-35-33(34(40-41)39-27-7-5-6-25(21-27)20-26(22-37)36(42)43)32(18-19-38-35)46-31-16-14-30(15-17-31)45-29-8-3-2-4-9-29/h2-21H,23H2,1H3,(H,39,40)(H,42,43)/b26-20+. The van der Waals surface area contributed by atoms with E-state index in [1.807, 2.05) is 84.9 Å². The first kappa shape index (κ1) is 29.5. The summed E-state index contributed by atoms with van der Waals surface area (Å²) in [4.78, 5) is 16.0. The van der Waals surface area contributed by atoms with Gasteiger partial charge in [-0.25, -0.2) is 14.5 Å². The number of para-hydroxylation sites is 1. The minimum Gasteiger partial charge on any atom is -0.497 e. The van der Waals surface area contributed by atoms with Crippen LogP contribution >= 0.6 is 0 Å². The maximum absolute atomic E-state index is 11.4. The molecule has 0 saturated heterocycles. The van der Waals surface area contributed by atoms with Crippen LogP contribution in [0.3, 0.4) is 0 Å². The van der Waals surface area contributed by atoms with Crippen LogP contribution in [-0.2, 0) is 11.3 Å². The van der Waals surface area contributed by atoms with Gasteiger partial charge in [-0.3, -0.25) is 0 Å². The van der Waals surface area contributed by atoms with Crippen molar-refractivity contribution in [3.8, 4) is 34.8 Å². The Morgan fingerprint density at radius 1 is 0.891 bits per heavy atom. The molecule has 10 heteroatoms. The number of carboxylic acids is 1. The highest BCUT2D eigenvalue weighted by molar-refractivity contribution is 5.97. The fraction of sp³-hybridized carbons (Fsp3) is 0.0556. The number of nitrogens with one attached hydrogen (secondary N) is 1. The maximum atomic E-state index is 11.4. The van der Waals surface area contributed by atoms with Crippen molar-refractivity contribution in [2.24, 2.45) is 0 Å². The van der Waals surface area contributed by atoms with E-state index in [1.54, 1.807) is 48.3 Å². The summed E-state index contributed by atoms with van der Waals surface area (Å²) in [5, 5.41) is 27.4. The van der Waals surface area contributed by atoms with E-state index in [2.05, 4.69) is 10.3 Å². The molecule has 4 aromatic carbocycles. The Bertz CT molecular complexity index is 2070. The lowest BCUT2D eigenvalue weighted by Gasteiger charge is -2.10. The molecule has 0 atom stereocenters. The highest BCUT2D eigenvalue weighted by Gasteiger charge is 2.18. The van der Waals surface area contributed by atoms with E-state index in [4.69, 9.17) is 19.3 Å². The topological polar surface area (TPSA) is 132 Å². The summed E-state index contributed by atoms with van der Waals surface area (Å²) in [6.07, 6.45) is 2.98. The minimum absolute atomic E-state index is 0.369. The highest BCUT2D eigenvalue weighted by atomic mass is 16.5. The van der Waals surface area contributed by atoms with E-state index < -0.39 is 5.97 Å². The van der Waals surface area contributed by atoms with Crippen molar-refractivity contribution in [1.29, 1.82) is 5.26 Å². The quantitative estimate of drug-likeness (QED) is 0.111. The van der Waals surface area contributed by atoms with Crippen molar-refractivity contribution in [2.45, 2.75) is 6.54 Å². The number of fused-ring (bicyclic) bond motifs is 1. The van der Waals surface area contributed by atoms with Crippen molar-refractivity contribution < 1.29 is 24.1 Å². The average molecular weight is 610 g/mol. The highest BCUT2D eigenvalue weighted by Crippen LogP contribution is 2.36. The van der Waals surface area contributed by atoms with Crippen LogP contribution in [-0.4, -0.2) is 33.0 Å². The first-order valence-electron chi connectivity index (χ1n) is 14.2. The van der Waals surface area contributed by atoms with Crippen molar-refractivity contribution in [3.05, 3.63) is 132 Å². The van der Waals surface area contributed by atoms with Crippen LogP contribution in [0.2, 0.25) is 0 Å². The van der Waals surface area contributed by atoms with Crippen LogP contribution < -0.4 is 19.5 Å². The van der Waals surface area contributed by atoms with Crippen LogP contribution in [0.1, 0.15) is 11.1 Å². The second-order valence-corrected chi connectivity index (χ2v) is 10.1. The van der Waals surface area contributed by atoms with E-state index in [9.17, 15) is 15.2 Å². The predicted octanol–water partition coefficient (Wildman–Crippen LogP) is 7.81. The number of nitrogens with zero attached hydrogens (tertiary/aromatic N) is 4. The monoisotopic (exact) mass is 609 g/mol. The normalized spacial score (nSPS) is 11.1. The van der Waals surface area contributed by atoms with Crippen molar-refractivity contribution in [1.82, 2.24) is 14.8 Å². The molecule has 0 fully saturated rings. The Balaban J connectivity index is 1.35. The number of anilines is 2. The fourth-order valence-electron chi connectivity index (χ4n) is 4.74. The Morgan fingerprint density at radius 2 is 1.59 bits per heavy atom. The summed E-state index contributed by atoms with van der Waals surface area (Å²) >= 11 is 0. The molecule has 6 rings (SSSR count). The van der Waals surface area contributed by atoms with Gasteiger partial charge in [-0.05, 0) is 77.9 Å². The molecule has 6 aromatic rings. The lowest BCUT2D eigenvalue weighted by molar-refractivity contribution is -0.132. The number of carboxylic acid groups (broad SMARTS) is 1. The fourth-order valence-corrected chi connectivity index (χ4v) is 4.74. The van der Waals surface area contributed by atoms with Gasteiger partial charge in [0.1, 0.15) is 45.8 Å². The molecule has 0 amide bonds. The van der Waals surface area contributed by atoms with Gasteiger partial charge < -0.3 is 24.6 Å². The number of aromatic nitrogens is 3. The van der Waals surface area contributed by atoms with E-state index >= 15 is 0 Å². The molecular weight excluding hydrogens is 582 g/mol. The number of hydrogen-bond donors (Lipinski definition) is 2. The summed E-state index contributed by atoms with van der Waals surface area (Å²) in [6.45, 7) is 0.428. The second-order valence-electron chi connectivity index (χ2n) is 10.1. The van der Waals surface area contributed by atoms with Gasteiger partial charge in [0.15, 0.2) is 11.5 Å². The third kappa shape index (κ3) is 6.79. The molecule has 0 saturated carbocycles. The summed E-state index contributed by atoms with van der Waals surface area (Å²) in [6, 6.07) is 35.0. The summed E-state index contributed by atoms with van der Waals surface area (Å²) < 4.78 is 19.4. The second kappa shape index (κ2) is 13.4. The van der Waals surface area contributed by atoms with Gasteiger partial charge in [0.25, 0.3) is 0 Å². The molecular formula is C36H27N5O5. The molecule has 0 aliphatic carbocycles. The zero-order chi connectivity index (χ0) is 31.9. The summed E-state index contributed by atoms with van der Waals surface area (Å²) in [5.74, 6) is 2.46. The molecule has 0 bridgehead atoms. The van der Waals surface area contributed by atoms with Crippen LogP contribution in [0.25, 0.3) is 17.1 Å². The number of ether oxygens (including phenoxy) is 3. The molecule has 226 valence electrons. The number of nitriles is 1. The zero-order valence-corrected chi connectivity index (χ0v) is 24.6.